The zero-order chi connectivity index (χ0) is 21.7. The van der Waals surface area contributed by atoms with Gasteiger partial charge in [0.25, 0.3) is 0 Å². The van der Waals surface area contributed by atoms with Crippen molar-refractivity contribution in [1.82, 2.24) is 14.8 Å². The first kappa shape index (κ1) is 22.2. The smallest absolute Gasteiger partial charge is 0.234 e. The van der Waals surface area contributed by atoms with Crippen LogP contribution in [0.25, 0.3) is 0 Å². The number of para-hydroxylation sites is 2. The predicted octanol–water partition coefficient (Wildman–Crippen LogP) is 4.51. The highest BCUT2D eigenvalue weighted by Crippen LogP contribution is 2.27. The molecule has 9 heteroatoms. The van der Waals surface area contributed by atoms with Gasteiger partial charge in [-0.05, 0) is 49.2 Å². The maximum absolute atomic E-state index is 12.4. The van der Waals surface area contributed by atoms with Crippen molar-refractivity contribution in [1.29, 1.82) is 0 Å². The Labute approximate surface area is 188 Å². The summed E-state index contributed by atoms with van der Waals surface area (Å²) < 4.78 is 13.9. The minimum absolute atomic E-state index is 0.0941. The van der Waals surface area contributed by atoms with Crippen LogP contribution in [0.5, 0.6) is 11.5 Å². The van der Waals surface area contributed by atoms with Crippen LogP contribution in [0.1, 0.15) is 17.0 Å². The van der Waals surface area contributed by atoms with Crippen molar-refractivity contribution >= 4 is 39.3 Å². The summed E-state index contributed by atoms with van der Waals surface area (Å²) in [7, 11) is 3.45. The fourth-order valence-electron chi connectivity index (χ4n) is 2.89. The lowest BCUT2D eigenvalue weighted by atomic mass is 10.1. The zero-order valence-electron chi connectivity index (χ0n) is 17.2. The van der Waals surface area contributed by atoms with Gasteiger partial charge in [0, 0.05) is 17.2 Å². The highest BCUT2D eigenvalue weighted by atomic mass is 79.9. The average molecular weight is 491 g/mol. The number of carbonyl (C=O) groups excluding carboxylic acids is 1. The van der Waals surface area contributed by atoms with Crippen LogP contribution in [0, 0.1) is 13.8 Å². The maximum Gasteiger partial charge on any atom is 0.234 e. The van der Waals surface area contributed by atoms with Gasteiger partial charge >= 0.3 is 0 Å². The maximum atomic E-state index is 12.4. The SMILES string of the molecule is COc1ccccc1OCc1nnc(SCC(=O)Nc2c(C)cc(Br)cc2C)n1C. The van der Waals surface area contributed by atoms with E-state index in [4.69, 9.17) is 9.47 Å². The number of nitrogens with one attached hydrogen (secondary N) is 1. The molecule has 0 atom stereocenters. The first-order chi connectivity index (χ1) is 14.4. The van der Waals surface area contributed by atoms with Crippen LogP contribution in [0.3, 0.4) is 0 Å². The fraction of sp³-hybridized carbons (Fsp3) is 0.286. The number of aryl methyl sites for hydroxylation is 2. The van der Waals surface area contributed by atoms with Crippen LogP contribution in [-0.2, 0) is 18.4 Å². The molecule has 0 aliphatic heterocycles. The number of aromatic nitrogens is 3. The lowest BCUT2D eigenvalue weighted by Gasteiger charge is -2.12. The van der Waals surface area contributed by atoms with Crippen LogP contribution in [-0.4, -0.2) is 33.5 Å². The molecule has 0 unspecified atom stereocenters. The molecule has 0 aliphatic carbocycles. The Morgan fingerprint density at radius 2 is 1.83 bits per heavy atom. The molecule has 30 heavy (non-hydrogen) atoms. The Kier molecular flexibility index (Phi) is 7.38. The number of amides is 1. The Hall–Kier alpha value is -2.52. The monoisotopic (exact) mass is 490 g/mol. The van der Waals surface area contributed by atoms with E-state index < -0.39 is 0 Å². The van der Waals surface area contributed by atoms with Crippen molar-refractivity contribution in [2.75, 3.05) is 18.2 Å². The van der Waals surface area contributed by atoms with E-state index in [-0.39, 0.29) is 18.3 Å². The van der Waals surface area contributed by atoms with E-state index >= 15 is 0 Å². The number of hydrogen-bond acceptors (Lipinski definition) is 6. The lowest BCUT2D eigenvalue weighted by molar-refractivity contribution is -0.113. The van der Waals surface area contributed by atoms with E-state index in [1.165, 1.54) is 11.8 Å². The van der Waals surface area contributed by atoms with Gasteiger partial charge in [-0.2, -0.15) is 0 Å². The predicted molar refractivity (Wildman–Crippen MR) is 121 cm³/mol. The molecule has 1 aromatic heterocycles. The van der Waals surface area contributed by atoms with E-state index in [1.807, 2.05) is 61.9 Å². The van der Waals surface area contributed by atoms with Crippen LogP contribution in [0.2, 0.25) is 0 Å². The number of rotatable bonds is 8. The third-order valence-electron chi connectivity index (χ3n) is 4.45. The van der Waals surface area contributed by atoms with Crippen molar-refractivity contribution in [2.24, 2.45) is 7.05 Å². The van der Waals surface area contributed by atoms with Crippen LogP contribution in [0.15, 0.2) is 46.0 Å². The van der Waals surface area contributed by atoms with E-state index in [1.54, 1.807) is 7.11 Å². The largest absolute Gasteiger partial charge is 0.493 e. The highest BCUT2D eigenvalue weighted by molar-refractivity contribution is 9.10. The number of thioether (sulfide) groups is 1. The van der Waals surface area contributed by atoms with Gasteiger partial charge in [-0.25, -0.2) is 0 Å². The molecule has 1 N–H and O–H groups in total. The second kappa shape index (κ2) is 9.99. The second-order valence-electron chi connectivity index (χ2n) is 6.65. The van der Waals surface area contributed by atoms with Gasteiger partial charge in [0.05, 0.1) is 12.9 Å². The first-order valence-corrected chi connectivity index (χ1v) is 11.0. The van der Waals surface area contributed by atoms with Crippen molar-refractivity contribution in [3.05, 3.63) is 57.8 Å². The molecule has 0 bridgehead atoms. The Morgan fingerprint density at radius 1 is 1.17 bits per heavy atom. The molecule has 0 aliphatic rings. The van der Waals surface area contributed by atoms with Gasteiger partial charge < -0.3 is 19.4 Å². The average Bonchev–Trinajstić information content (AvgIpc) is 3.07. The summed E-state index contributed by atoms with van der Waals surface area (Å²) in [6.07, 6.45) is 0. The molecule has 0 radical (unpaired) electrons. The van der Waals surface area contributed by atoms with Gasteiger partial charge in [0.1, 0.15) is 6.61 Å². The molecule has 0 spiro atoms. The number of carbonyl (C=O) groups is 1. The molecule has 2 aromatic carbocycles. The number of benzene rings is 2. The number of halogens is 1. The summed E-state index contributed by atoms with van der Waals surface area (Å²) in [6.45, 7) is 4.18. The van der Waals surface area contributed by atoms with Crippen molar-refractivity contribution in [3.8, 4) is 11.5 Å². The van der Waals surface area contributed by atoms with Crippen LogP contribution >= 0.6 is 27.7 Å². The Morgan fingerprint density at radius 3 is 2.50 bits per heavy atom. The standard InChI is InChI=1S/C21H23BrN4O3S/c1-13-9-15(22)10-14(2)20(13)23-19(27)12-30-21-25-24-18(26(21)3)11-29-17-8-6-5-7-16(17)28-4/h5-10H,11-12H2,1-4H3,(H,23,27). The molecule has 3 rings (SSSR count). The quantitative estimate of drug-likeness (QED) is 0.467. The van der Waals surface area contributed by atoms with Gasteiger partial charge in [0.15, 0.2) is 22.5 Å². The number of hydrogen-bond donors (Lipinski definition) is 1. The van der Waals surface area contributed by atoms with Crippen molar-refractivity contribution in [3.63, 3.8) is 0 Å². The minimum atomic E-state index is -0.0941. The third kappa shape index (κ3) is 5.34. The summed E-state index contributed by atoms with van der Waals surface area (Å²) in [5, 5.41) is 12.0. The van der Waals surface area contributed by atoms with E-state index in [9.17, 15) is 4.79 Å². The fourth-order valence-corrected chi connectivity index (χ4v) is 4.31. The van der Waals surface area contributed by atoms with Gasteiger partial charge in [-0.1, -0.05) is 39.8 Å². The number of methoxy groups -OCH3 is 1. The summed E-state index contributed by atoms with van der Waals surface area (Å²) in [6, 6.07) is 11.4. The van der Waals surface area contributed by atoms with Gasteiger partial charge in [0.2, 0.25) is 5.91 Å². The van der Waals surface area contributed by atoms with Crippen LogP contribution in [0.4, 0.5) is 5.69 Å². The molecule has 3 aromatic rings. The Bertz CT molecular complexity index is 1030. The van der Waals surface area contributed by atoms with Crippen molar-refractivity contribution in [2.45, 2.75) is 25.6 Å². The highest BCUT2D eigenvalue weighted by Gasteiger charge is 2.14. The molecule has 1 amide bonds. The third-order valence-corrected chi connectivity index (χ3v) is 5.92. The molecule has 0 saturated carbocycles. The molecule has 0 fully saturated rings. The summed E-state index contributed by atoms with van der Waals surface area (Å²) in [4.78, 5) is 12.4. The molecular formula is C21H23BrN4O3S. The second-order valence-corrected chi connectivity index (χ2v) is 8.51. The molecule has 158 valence electrons. The summed E-state index contributed by atoms with van der Waals surface area (Å²) in [5.41, 5.74) is 2.86. The van der Waals surface area contributed by atoms with E-state index in [0.717, 1.165) is 21.3 Å². The zero-order valence-corrected chi connectivity index (χ0v) is 19.6. The molecule has 1 heterocycles. The number of nitrogens with zero attached hydrogens (tertiary/aromatic N) is 3. The molecule has 0 saturated heterocycles. The Balaban J connectivity index is 1.58. The van der Waals surface area contributed by atoms with Gasteiger partial charge in [-0.15, -0.1) is 10.2 Å². The normalized spacial score (nSPS) is 10.7. The van der Waals surface area contributed by atoms with E-state index in [2.05, 4.69) is 31.4 Å². The van der Waals surface area contributed by atoms with Gasteiger partial charge in [-0.3, -0.25) is 4.79 Å². The molecular weight excluding hydrogens is 468 g/mol. The molecule has 7 nitrogen and oxygen atoms in total. The minimum Gasteiger partial charge on any atom is -0.493 e. The number of ether oxygens (including phenoxy) is 2. The van der Waals surface area contributed by atoms with Crippen molar-refractivity contribution < 1.29 is 14.3 Å². The topological polar surface area (TPSA) is 78.3 Å². The lowest BCUT2D eigenvalue weighted by Crippen LogP contribution is -2.16. The van der Waals surface area contributed by atoms with Crippen LogP contribution < -0.4 is 14.8 Å². The first-order valence-electron chi connectivity index (χ1n) is 9.22. The van der Waals surface area contributed by atoms with E-state index in [0.29, 0.717) is 22.5 Å². The summed E-state index contributed by atoms with van der Waals surface area (Å²) >= 11 is 4.80. The summed E-state index contributed by atoms with van der Waals surface area (Å²) in [5.74, 6) is 2.09. The number of anilines is 1.